The van der Waals surface area contributed by atoms with Gasteiger partial charge in [0.05, 0.1) is 13.2 Å². The Morgan fingerprint density at radius 2 is 1.70 bits per heavy atom. The molecule has 0 saturated carbocycles. The SMILES string of the molecule is CCOc1ccc(CNCC2(N3CCCCC3)CCOCC2)cc1OCC. The number of hydrogen-bond donors (Lipinski definition) is 1. The molecule has 2 aliphatic heterocycles. The van der Waals surface area contributed by atoms with E-state index in [1.54, 1.807) is 0 Å². The van der Waals surface area contributed by atoms with Crippen LogP contribution in [0.15, 0.2) is 18.2 Å². The summed E-state index contributed by atoms with van der Waals surface area (Å²) in [6.07, 6.45) is 6.31. The second-order valence-corrected chi connectivity index (χ2v) is 7.64. The monoisotopic (exact) mass is 376 g/mol. The molecule has 1 N–H and O–H groups in total. The van der Waals surface area contributed by atoms with E-state index in [9.17, 15) is 0 Å². The van der Waals surface area contributed by atoms with Gasteiger partial charge in [-0.25, -0.2) is 0 Å². The Kier molecular flexibility index (Phi) is 7.80. The Hall–Kier alpha value is -1.30. The fourth-order valence-corrected chi connectivity index (χ4v) is 4.37. The van der Waals surface area contributed by atoms with Crippen molar-refractivity contribution >= 4 is 0 Å². The minimum Gasteiger partial charge on any atom is -0.490 e. The molecule has 27 heavy (non-hydrogen) atoms. The fraction of sp³-hybridized carbons (Fsp3) is 0.727. The Balaban J connectivity index is 1.61. The molecule has 2 saturated heterocycles. The number of likely N-dealkylation sites (tertiary alicyclic amines) is 1. The van der Waals surface area contributed by atoms with E-state index in [1.165, 1.54) is 37.9 Å². The largest absolute Gasteiger partial charge is 0.490 e. The third kappa shape index (κ3) is 5.37. The highest BCUT2D eigenvalue weighted by Crippen LogP contribution is 2.31. The van der Waals surface area contributed by atoms with Crippen molar-refractivity contribution in [1.82, 2.24) is 10.2 Å². The molecule has 0 aromatic heterocycles. The Bertz CT molecular complexity index is 567. The summed E-state index contributed by atoms with van der Waals surface area (Å²) in [6.45, 7) is 11.4. The maximum absolute atomic E-state index is 5.76. The van der Waals surface area contributed by atoms with Gasteiger partial charge in [0.2, 0.25) is 0 Å². The van der Waals surface area contributed by atoms with Crippen LogP contribution in [0.1, 0.15) is 51.5 Å². The summed E-state index contributed by atoms with van der Waals surface area (Å²) >= 11 is 0. The molecular formula is C22H36N2O3. The quantitative estimate of drug-likeness (QED) is 0.713. The summed E-state index contributed by atoms with van der Waals surface area (Å²) in [5.41, 5.74) is 1.50. The lowest BCUT2D eigenvalue weighted by Gasteiger charge is -2.48. The van der Waals surface area contributed by atoms with Gasteiger partial charge in [0.15, 0.2) is 11.5 Å². The van der Waals surface area contributed by atoms with Crippen molar-refractivity contribution in [3.8, 4) is 11.5 Å². The van der Waals surface area contributed by atoms with Crippen LogP contribution in [0.2, 0.25) is 0 Å². The molecule has 0 unspecified atom stereocenters. The van der Waals surface area contributed by atoms with Crippen LogP contribution < -0.4 is 14.8 Å². The molecule has 152 valence electrons. The summed E-state index contributed by atoms with van der Waals surface area (Å²) in [5.74, 6) is 1.67. The maximum atomic E-state index is 5.76. The lowest BCUT2D eigenvalue weighted by Crippen LogP contribution is -2.59. The van der Waals surface area contributed by atoms with Crippen LogP contribution in [0, 0.1) is 0 Å². The number of piperidine rings is 1. The van der Waals surface area contributed by atoms with Crippen LogP contribution in [-0.4, -0.2) is 56.5 Å². The highest BCUT2D eigenvalue weighted by atomic mass is 16.5. The van der Waals surface area contributed by atoms with E-state index < -0.39 is 0 Å². The molecule has 0 aliphatic carbocycles. The van der Waals surface area contributed by atoms with Crippen LogP contribution in [0.3, 0.4) is 0 Å². The highest BCUT2D eigenvalue weighted by molar-refractivity contribution is 5.43. The summed E-state index contributed by atoms with van der Waals surface area (Å²) in [7, 11) is 0. The average molecular weight is 377 g/mol. The normalized spacial score (nSPS) is 20.4. The van der Waals surface area contributed by atoms with E-state index in [1.807, 2.05) is 19.9 Å². The summed E-state index contributed by atoms with van der Waals surface area (Å²) in [6, 6.07) is 6.28. The summed E-state index contributed by atoms with van der Waals surface area (Å²) in [4.78, 5) is 2.73. The minimum atomic E-state index is 0.257. The van der Waals surface area contributed by atoms with Crippen LogP contribution in [0.5, 0.6) is 11.5 Å². The van der Waals surface area contributed by atoms with Gasteiger partial charge in [0.25, 0.3) is 0 Å². The molecule has 5 heteroatoms. The minimum absolute atomic E-state index is 0.257. The smallest absolute Gasteiger partial charge is 0.161 e. The van der Waals surface area contributed by atoms with E-state index >= 15 is 0 Å². The fourth-order valence-electron chi connectivity index (χ4n) is 4.37. The number of hydrogen-bond acceptors (Lipinski definition) is 5. The number of rotatable bonds is 9. The average Bonchev–Trinajstić information content (AvgIpc) is 2.72. The van der Waals surface area contributed by atoms with E-state index in [4.69, 9.17) is 14.2 Å². The van der Waals surface area contributed by atoms with Gasteiger partial charge >= 0.3 is 0 Å². The maximum Gasteiger partial charge on any atom is 0.161 e. The van der Waals surface area contributed by atoms with Gasteiger partial charge in [-0.3, -0.25) is 4.90 Å². The third-order valence-corrected chi connectivity index (χ3v) is 5.84. The van der Waals surface area contributed by atoms with E-state index in [0.29, 0.717) is 13.2 Å². The van der Waals surface area contributed by atoms with Gasteiger partial charge in [0, 0.05) is 31.8 Å². The van der Waals surface area contributed by atoms with Crippen LogP contribution >= 0.6 is 0 Å². The van der Waals surface area contributed by atoms with Gasteiger partial charge in [-0.2, -0.15) is 0 Å². The lowest BCUT2D eigenvalue weighted by atomic mass is 9.86. The second kappa shape index (κ2) is 10.3. The molecule has 2 fully saturated rings. The van der Waals surface area contributed by atoms with Crippen molar-refractivity contribution in [2.75, 3.05) is 46.1 Å². The number of benzene rings is 1. The molecular weight excluding hydrogens is 340 g/mol. The first kappa shape index (κ1) is 20.4. The van der Waals surface area contributed by atoms with Gasteiger partial charge in [0.1, 0.15) is 0 Å². The first-order valence-corrected chi connectivity index (χ1v) is 10.7. The number of nitrogens with one attached hydrogen (secondary N) is 1. The topological polar surface area (TPSA) is 43.0 Å². The highest BCUT2D eigenvalue weighted by Gasteiger charge is 2.38. The Labute approximate surface area is 164 Å². The molecule has 0 atom stereocenters. The zero-order valence-corrected chi connectivity index (χ0v) is 17.1. The van der Waals surface area contributed by atoms with Gasteiger partial charge in [-0.1, -0.05) is 12.5 Å². The van der Waals surface area contributed by atoms with Crippen LogP contribution in [0.4, 0.5) is 0 Å². The predicted octanol–water partition coefficient (Wildman–Crippen LogP) is 3.61. The zero-order valence-electron chi connectivity index (χ0n) is 17.1. The van der Waals surface area contributed by atoms with Crippen molar-refractivity contribution in [3.05, 3.63) is 23.8 Å². The predicted molar refractivity (Wildman–Crippen MR) is 109 cm³/mol. The Morgan fingerprint density at radius 1 is 1.00 bits per heavy atom. The molecule has 3 rings (SSSR count). The number of ether oxygens (including phenoxy) is 3. The molecule has 2 aliphatic rings. The molecule has 0 spiro atoms. The van der Waals surface area contributed by atoms with E-state index in [-0.39, 0.29) is 5.54 Å². The second-order valence-electron chi connectivity index (χ2n) is 7.64. The number of nitrogens with zero attached hydrogens (tertiary/aromatic N) is 1. The molecule has 0 radical (unpaired) electrons. The first-order chi connectivity index (χ1) is 13.3. The first-order valence-electron chi connectivity index (χ1n) is 10.7. The van der Waals surface area contributed by atoms with Gasteiger partial charge in [-0.05, 0) is 70.3 Å². The van der Waals surface area contributed by atoms with Crippen LogP contribution in [0.25, 0.3) is 0 Å². The molecule has 1 aromatic rings. The molecule has 2 heterocycles. The van der Waals surface area contributed by atoms with Crippen molar-refractivity contribution in [2.45, 2.75) is 58.0 Å². The standard InChI is InChI=1S/C22H36N2O3/c1-3-26-20-9-8-19(16-21(20)27-4-2)17-23-18-22(10-14-25-15-11-22)24-12-6-5-7-13-24/h8-9,16,23H,3-7,10-15,17-18H2,1-2H3. The molecule has 5 nitrogen and oxygen atoms in total. The van der Waals surface area contributed by atoms with Crippen molar-refractivity contribution < 1.29 is 14.2 Å². The van der Waals surface area contributed by atoms with Crippen molar-refractivity contribution in [3.63, 3.8) is 0 Å². The lowest BCUT2D eigenvalue weighted by molar-refractivity contribution is -0.0358. The summed E-state index contributed by atoms with van der Waals surface area (Å²) in [5, 5.41) is 3.74. The molecule has 0 amide bonds. The summed E-state index contributed by atoms with van der Waals surface area (Å²) < 4.78 is 17.1. The molecule has 1 aromatic carbocycles. The van der Waals surface area contributed by atoms with Gasteiger partial charge in [-0.15, -0.1) is 0 Å². The van der Waals surface area contributed by atoms with E-state index in [0.717, 1.165) is 50.6 Å². The van der Waals surface area contributed by atoms with Gasteiger partial charge < -0.3 is 19.5 Å². The van der Waals surface area contributed by atoms with Crippen LogP contribution in [-0.2, 0) is 11.3 Å². The van der Waals surface area contributed by atoms with Crippen molar-refractivity contribution in [2.24, 2.45) is 0 Å². The third-order valence-electron chi connectivity index (χ3n) is 5.84. The Morgan fingerprint density at radius 3 is 2.41 bits per heavy atom. The zero-order chi connectivity index (χ0) is 19.0. The molecule has 0 bridgehead atoms. The van der Waals surface area contributed by atoms with E-state index in [2.05, 4.69) is 22.3 Å². The van der Waals surface area contributed by atoms with Crippen molar-refractivity contribution in [1.29, 1.82) is 0 Å².